The lowest BCUT2D eigenvalue weighted by Gasteiger charge is -2.21. The van der Waals surface area contributed by atoms with Crippen molar-refractivity contribution in [3.63, 3.8) is 0 Å². The lowest BCUT2D eigenvalue weighted by Crippen LogP contribution is -2.38. The molecule has 4 heteroatoms. The van der Waals surface area contributed by atoms with Gasteiger partial charge in [-0.3, -0.25) is 4.79 Å². The quantitative estimate of drug-likeness (QED) is 0.829. The van der Waals surface area contributed by atoms with Crippen molar-refractivity contribution in [3.05, 3.63) is 35.4 Å². The number of rotatable bonds is 2. The van der Waals surface area contributed by atoms with Crippen molar-refractivity contribution >= 4 is 5.78 Å². The van der Waals surface area contributed by atoms with Crippen LogP contribution in [0.4, 0.5) is 8.78 Å². The van der Waals surface area contributed by atoms with E-state index in [-0.39, 0.29) is 23.7 Å². The van der Waals surface area contributed by atoms with Gasteiger partial charge in [0, 0.05) is 25.4 Å². The Morgan fingerprint density at radius 2 is 2.19 bits per heavy atom. The van der Waals surface area contributed by atoms with E-state index in [9.17, 15) is 13.6 Å². The van der Waals surface area contributed by atoms with E-state index in [2.05, 4.69) is 5.32 Å². The number of halogens is 2. The molecule has 1 atom stereocenters. The maximum Gasteiger partial charge on any atom is 0.162 e. The summed E-state index contributed by atoms with van der Waals surface area (Å²) in [4.78, 5) is 11.5. The largest absolute Gasteiger partial charge is 0.316 e. The second kappa shape index (κ2) is 4.70. The average Bonchev–Trinajstić information content (AvgIpc) is 2.28. The van der Waals surface area contributed by atoms with E-state index < -0.39 is 11.6 Å². The third-order valence-corrected chi connectivity index (χ3v) is 2.89. The van der Waals surface area contributed by atoms with Gasteiger partial charge in [-0.15, -0.1) is 0 Å². The summed E-state index contributed by atoms with van der Waals surface area (Å²) in [5.41, 5.74) is 0.280. The van der Waals surface area contributed by atoms with Crippen LogP contribution >= 0.6 is 0 Å². The van der Waals surface area contributed by atoms with Gasteiger partial charge in [0.05, 0.1) is 0 Å². The number of ketones is 1. The molecule has 1 aromatic carbocycles. The van der Waals surface area contributed by atoms with E-state index >= 15 is 0 Å². The molecule has 16 heavy (non-hydrogen) atoms. The van der Waals surface area contributed by atoms with Crippen LogP contribution in [0.25, 0.3) is 0 Å². The first-order chi connectivity index (χ1) is 7.68. The highest BCUT2D eigenvalue weighted by Crippen LogP contribution is 2.18. The summed E-state index contributed by atoms with van der Waals surface area (Å²) >= 11 is 0. The van der Waals surface area contributed by atoms with Crippen molar-refractivity contribution in [3.8, 4) is 0 Å². The zero-order valence-corrected chi connectivity index (χ0v) is 8.80. The summed E-state index contributed by atoms with van der Waals surface area (Å²) in [6.45, 7) is 1.23. The lowest BCUT2D eigenvalue weighted by atomic mass is 9.91. The van der Waals surface area contributed by atoms with Gasteiger partial charge in [-0.2, -0.15) is 0 Å². The maximum atomic E-state index is 13.4. The summed E-state index contributed by atoms with van der Waals surface area (Å²) in [5.74, 6) is -1.79. The Labute approximate surface area is 92.7 Å². The molecule has 0 aromatic heterocycles. The van der Waals surface area contributed by atoms with E-state index in [1.807, 2.05) is 0 Å². The number of Topliss-reactive ketones (excluding diaryl/α,β-unsaturated/α-hetero) is 1. The van der Waals surface area contributed by atoms with E-state index in [1.165, 1.54) is 12.1 Å². The molecular formula is C12H13F2NO. The molecule has 1 saturated heterocycles. The molecular weight excluding hydrogens is 212 g/mol. The molecule has 0 radical (unpaired) electrons. The van der Waals surface area contributed by atoms with Crippen LogP contribution in [0.1, 0.15) is 12.0 Å². The second-order valence-corrected chi connectivity index (χ2v) is 4.03. The Morgan fingerprint density at radius 3 is 2.94 bits per heavy atom. The summed E-state index contributed by atoms with van der Waals surface area (Å²) < 4.78 is 26.3. The van der Waals surface area contributed by atoms with Gasteiger partial charge in [-0.25, -0.2) is 8.78 Å². The van der Waals surface area contributed by atoms with E-state index in [1.54, 1.807) is 0 Å². The lowest BCUT2D eigenvalue weighted by molar-refractivity contribution is -0.123. The minimum atomic E-state index is -0.853. The SMILES string of the molecule is O=C1CCNCC1Cc1cccc(F)c1F. The minimum Gasteiger partial charge on any atom is -0.316 e. The number of benzene rings is 1. The van der Waals surface area contributed by atoms with Crippen molar-refractivity contribution in [2.24, 2.45) is 5.92 Å². The van der Waals surface area contributed by atoms with Crippen molar-refractivity contribution in [2.45, 2.75) is 12.8 Å². The predicted molar refractivity (Wildman–Crippen MR) is 56.0 cm³/mol. The Morgan fingerprint density at radius 1 is 1.38 bits per heavy atom. The Kier molecular flexibility index (Phi) is 3.29. The molecule has 1 heterocycles. The van der Waals surface area contributed by atoms with Gasteiger partial charge in [0.2, 0.25) is 0 Å². The van der Waals surface area contributed by atoms with Crippen LogP contribution in [-0.4, -0.2) is 18.9 Å². The molecule has 0 amide bonds. The van der Waals surface area contributed by atoms with Crippen LogP contribution in [0.2, 0.25) is 0 Å². The molecule has 0 bridgehead atoms. The Hall–Kier alpha value is -1.29. The summed E-state index contributed by atoms with van der Waals surface area (Å²) in [7, 11) is 0. The number of hydrogen-bond acceptors (Lipinski definition) is 2. The molecule has 1 aliphatic heterocycles. The molecule has 2 nitrogen and oxygen atoms in total. The number of piperidine rings is 1. The number of carbonyl (C=O) groups excluding carboxylic acids is 1. The topological polar surface area (TPSA) is 29.1 Å². The van der Waals surface area contributed by atoms with Crippen molar-refractivity contribution in [1.82, 2.24) is 5.32 Å². The smallest absolute Gasteiger partial charge is 0.162 e. The molecule has 2 rings (SSSR count). The first kappa shape index (κ1) is 11.2. The second-order valence-electron chi connectivity index (χ2n) is 4.03. The summed E-state index contributed by atoms with van der Waals surface area (Å²) in [6, 6.07) is 4.08. The molecule has 1 aliphatic rings. The van der Waals surface area contributed by atoms with Crippen LogP contribution in [0, 0.1) is 17.6 Å². The van der Waals surface area contributed by atoms with E-state index in [0.717, 1.165) is 6.07 Å². The van der Waals surface area contributed by atoms with Gasteiger partial charge < -0.3 is 5.32 Å². The number of nitrogens with one attached hydrogen (secondary N) is 1. The minimum absolute atomic E-state index is 0.127. The first-order valence-electron chi connectivity index (χ1n) is 5.35. The standard InChI is InChI=1S/C12H13F2NO/c13-10-3-1-2-8(12(10)14)6-9-7-15-5-4-11(9)16/h1-3,9,15H,4-7H2. The van der Waals surface area contributed by atoms with Crippen molar-refractivity contribution < 1.29 is 13.6 Å². The van der Waals surface area contributed by atoms with Gasteiger partial charge in [-0.1, -0.05) is 12.1 Å². The molecule has 0 aliphatic carbocycles. The van der Waals surface area contributed by atoms with Gasteiger partial charge in [0.1, 0.15) is 5.78 Å². The fraction of sp³-hybridized carbons (Fsp3) is 0.417. The van der Waals surface area contributed by atoms with Gasteiger partial charge in [0.15, 0.2) is 11.6 Å². The molecule has 86 valence electrons. The molecule has 1 aromatic rings. The Balaban J connectivity index is 2.14. The van der Waals surface area contributed by atoms with E-state index in [4.69, 9.17) is 0 Å². The summed E-state index contributed by atoms with van der Waals surface area (Å²) in [6.07, 6.45) is 0.747. The predicted octanol–water partition coefficient (Wildman–Crippen LogP) is 1.69. The van der Waals surface area contributed by atoms with Gasteiger partial charge in [-0.05, 0) is 18.1 Å². The third-order valence-electron chi connectivity index (χ3n) is 2.89. The molecule has 1 unspecified atom stereocenters. The zero-order valence-electron chi connectivity index (χ0n) is 8.80. The first-order valence-corrected chi connectivity index (χ1v) is 5.35. The molecule has 1 fully saturated rings. The molecule has 0 spiro atoms. The van der Waals surface area contributed by atoms with Crippen LogP contribution in [0.5, 0.6) is 0 Å². The van der Waals surface area contributed by atoms with E-state index in [0.29, 0.717) is 19.5 Å². The fourth-order valence-electron chi connectivity index (χ4n) is 1.96. The zero-order chi connectivity index (χ0) is 11.5. The van der Waals surface area contributed by atoms with Crippen LogP contribution in [0.15, 0.2) is 18.2 Å². The maximum absolute atomic E-state index is 13.4. The molecule has 0 saturated carbocycles. The highest BCUT2D eigenvalue weighted by molar-refractivity contribution is 5.82. The van der Waals surface area contributed by atoms with Crippen LogP contribution < -0.4 is 5.32 Å². The molecule has 1 N–H and O–H groups in total. The van der Waals surface area contributed by atoms with Crippen LogP contribution in [0.3, 0.4) is 0 Å². The monoisotopic (exact) mass is 225 g/mol. The Bertz CT molecular complexity index is 406. The van der Waals surface area contributed by atoms with Crippen molar-refractivity contribution in [2.75, 3.05) is 13.1 Å². The number of carbonyl (C=O) groups is 1. The van der Waals surface area contributed by atoms with Gasteiger partial charge in [0.25, 0.3) is 0 Å². The summed E-state index contributed by atoms with van der Waals surface area (Å²) in [5, 5.41) is 3.08. The third kappa shape index (κ3) is 2.27. The highest BCUT2D eigenvalue weighted by atomic mass is 19.2. The average molecular weight is 225 g/mol. The normalized spacial score (nSPS) is 21.1. The number of hydrogen-bond donors (Lipinski definition) is 1. The van der Waals surface area contributed by atoms with Gasteiger partial charge >= 0.3 is 0 Å². The van der Waals surface area contributed by atoms with Crippen molar-refractivity contribution in [1.29, 1.82) is 0 Å². The highest BCUT2D eigenvalue weighted by Gasteiger charge is 2.23. The fourth-order valence-corrected chi connectivity index (χ4v) is 1.96. The van der Waals surface area contributed by atoms with Crippen LogP contribution in [-0.2, 0) is 11.2 Å².